The van der Waals surface area contributed by atoms with Crippen LogP contribution in [0, 0.1) is 5.82 Å². The molecule has 0 fully saturated rings. The Kier molecular flexibility index (Phi) is 8.35. The van der Waals surface area contributed by atoms with Gasteiger partial charge >= 0.3 is 0 Å². The second-order valence-corrected chi connectivity index (χ2v) is 9.57. The maximum atomic E-state index is 13.9. The third-order valence-corrected chi connectivity index (χ3v) is 6.84. The number of carbonyl (C=O) groups excluding carboxylic acids is 3. The van der Waals surface area contributed by atoms with E-state index >= 15 is 0 Å². The van der Waals surface area contributed by atoms with Crippen LogP contribution in [0.1, 0.15) is 42.9 Å². The molecule has 3 amide bonds. The first-order chi connectivity index (χ1) is 18.2. The molecule has 0 aliphatic rings. The molecular weight excluding hydrogens is 529 g/mol. The lowest BCUT2D eigenvalue weighted by atomic mass is 10.0. The van der Waals surface area contributed by atoms with Crippen molar-refractivity contribution in [2.45, 2.75) is 19.1 Å². The summed E-state index contributed by atoms with van der Waals surface area (Å²) in [6, 6.07) is 20.2. The van der Waals surface area contributed by atoms with Gasteiger partial charge in [0.15, 0.2) is 5.69 Å². The van der Waals surface area contributed by atoms with Crippen molar-refractivity contribution in [2.75, 3.05) is 5.73 Å². The van der Waals surface area contributed by atoms with Crippen LogP contribution < -0.4 is 16.8 Å². The number of anilines is 1. The maximum Gasteiger partial charge on any atom is 0.270 e. The SMILES string of the molecule is NC(=O)c1nsc(C(=O)N(Cc2ccc(F)cc2)[C@@H](C(=O)NCc2ccccc2)c2ccc(Cl)cc2)c1N. The van der Waals surface area contributed by atoms with Gasteiger partial charge in [-0.1, -0.05) is 66.2 Å². The summed E-state index contributed by atoms with van der Waals surface area (Å²) in [5.41, 5.74) is 12.9. The minimum atomic E-state index is -1.13. The number of carbonyl (C=O) groups is 3. The number of nitrogens with one attached hydrogen (secondary N) is 1. The van der Waals surface area contributed by atoms with Gasteiger partial charge in [0.1, 0.15) is 16.7 Å². The molecule has 1 heterocycles. The third-order valence-electron chi connectivity index (χ3n) is 5.74. The largest absolute Gasteiger partial charge is 0.395 e. The summed E-state index contributed by atoms with van der Waals surface area (Å²) in [4.78, 5) is 40.6. The number of benzene rings is 3. The van der Waals surface area contributed by atoms with Crippen LogP contribution >= 0.6 is 23.1 Å². The van der Waals surface area contributed by atoms with E-state index in [2.05, 4.69) is 9.69 Å². The van der Waals surface area contributed by atoms with Gasteiger partial charge in [0.05, 0.1) is 5.69 Å². The van der Waals surface area contributed by atoms with E-state index in [1.54, 1.807) is 24.3 Å². The summed E-state index contributed by atoms with van der Waals surface area (Å²) < 4.78 is 17.5. The monoisotopic (exact) mass is 551 g/mol. The van der Waals surface area contributed by atoms with Crippen LogP contribution in [0.4, 0.5) is 10.1 Å². The van der Waals surface area contributed by atoms with Gasteiger partial charge in [-0.3, -0.25) is 14.4 Å². The van der Waals surface area contributed by atoms with Crippen LogP contribution in [0.5, 0.6) is 0 Å². The van der Waals surface area contributed by atoms with Crippen molar-refractivity contribution in [1.29, 1.82) is 0 Å². The average molecular weight is 552 g/mol. The summed E-state index contributed by atoms with van der Waals surface area (Å²) in [6.45, 7) is 0.144. The highest BCUT2D eigenvalue weighted by Gasteiger charge is 2.35. The predicted molar refractivity (Wildman–Crippen MR) is 144 cm³/mol. The van der Waals surface area contributed by atoms with Crippen molar-refractivity contribution in [3.8, 4) is 0 Å². The molecule has 0 aliphatic heterocycles. The average Bonchev–Trinajstić information content (AvgIpc) is 3.31. The van der Waals surface area contributed by atoms with Crippen molar-refractivity contribution in [1.82, 2.24) is 14.6 Å². The molecular formula is C27H23ClFN5O3S. The Hall–Kier alpha value is -4.28. The number of amides is 3. The lowest BCUT2D eigenvalue weighted by Crippen LogP contribution is -2.43. The van der Waals surface area contributed by atoms with E-state index in [1.807, 2.05) is 30.3 Å². The van der Waals surface area contributed by atoms with Crippen LogP contribution in [0.3, 0.4) is 0 Å². The van der Waals surface area contributed by atoms with E-state index in [0.29, 0.717) is 27.7 Å². The fraction of sp³-hybridized carbons (Fsp3) is 0.111. The topological polar surface area (TPSA) is 131 Å². The van der Waals surface area contributed by atoms with E-state index < -0.39 is 29.6 Å². The van der Waals surface area contributed by atoms with Crippen LogP contribution in [-0.2, 0) is 17.9 Å². The zero-order chi connectivity index (χ0) is 27.2. The molecule has 0 unspecified atom stereocenters. The Morgan fingerprint density at radius 2 is 1.63 bits per heavy atom. The van der Waals surface area contributed by atoms with Gasteiger partial charge in [0, 0.05) is 18.1 Å². The highest BCUT2D eigenvalue weighted by molar-refractivity contribution is 7.09. The normalized spacial score (nSPS) is 11.5. The molecule has 1 atom stereocenters. The van der Waals surface area contributed by atoms with Gasteiger partial charge in [0.25, 0.3) is 11.8 Å². The molecule has 194 valence electrons. The highest BCUT2D eigenvalue weighted by atomic mass is 35.5. The number of rotatable bonds is 9. The summed E-state index contributed by atoms with van der Waals surface area (Å²) in [7, 11) is 0. The van der Waals surface area contributed by atoms with Crippen molar-refractivity contribution in [3.05, 3.63) is 117 Å². The molecule has 0 saturated carbocycles. The van der Waals surface area contributed by atoms with Crippen LogP contribution in [-0.4, -0.2) is 27.0 Å². The number of halogens is 2. The Morgan fingerprint density at radius 1 is 0.974 bits per heavy atom. The maximum absolute atomic E-state index is 13.9. The molecule has 3 aromatic carbocycles. The highest BCUT2D eigenvalue weighted by Crippen LogP contribution is 2.31. The van der Waals surface area contributed by atoms with Crippen LogP contribution in [0.25, 0.3) is 0 Å². The Bertz CT molecular complexity index is 1450. The summed E-state index contributed by atoms with van der Waals surface area (Å²) >= 11 is 6.80. The van der Waals surface area contributed by atoms with Gasteiger partial charge in [-0.15, -0.1) is 0 Å². The molecule has 0 radical (unpaired) electrons. The fourth-order valence-corrected chi connectivity index (χ4v) is 4.71. The Balaban J connectivity index is 1.77. The van der Waals surface area contributed by atoms with Crippen LogP contribution in [0.15, 0.2) is 78.9 Å². The third kappa shape index (κ3) is 6.16. The molecule has 11 heteroatoms. The second-order valence-electron chi connectivity index (χ2n) is 8.36. The van der Waals surface area contributed by atoms with E-state index in [9.17, 15) is 18.8 Å². The smallest absolute Gasteiger partial charge is 0.270 e. The predicted octanol–water partition coefficient (Wildman–Crippen LogP) is 4.32. The molecule has 1 aromatic heterocycles. The summed E-state index contributed by atoms with van der Waals surface area (Å²) in [6.07, 6.45) is 0. The molecule has 8 nitrogen and oxygen atoms in total. The Labute approximate surface area is 227 Å². The molecule has 0 spiro atoms. The quantitative estimate of drug-likeness (QED) is 0.285. The lowest BCUT2D eigenvalue weighted by Gasteiger charge is -2.31. The lowest BCUT2D eigenvalue weighted by molar-refractivity contribution is -0.126. The van der Waals surface area contributed by atoms with Gasteiger partial charge in [-0.25, -0.2) is 4.39 Å². The minimum absolute atomic E-state index is 0.0456. The number of nitrogens with zero attached hydrogens (tertiary/aromatic N) is 2. The van der Waals surface area contributed by atoms with E-state index in [0.717, 1.165) is 5.56 Å². The van der Waals surface area contributed by atoms with Crippen molar-refractivity contribution in [3.63, 3.8) is 0 Å². The zero-order valence-corrected chi connectivity index (χ0v) is 21.5. The van der Waals surface area contributed by atoms with Crippen molar-refractivity contribution >= 4 is 46.5 Å². The first-order valence-electron chi connectivity index (χ1n) is 11.4. The molecule has 0 saturated heterocycles. The molecule has 5 N–H and O–H groups in total. The molecule has 4 aromatic rings. The van der Waals surface area contributed by atoms with Crippen molar-refractivity contribution in [2.24, 2.45) is 5.73 Å². The van der Waals surface area contributed by atoms with Gasteiger partial charge in [-0.2, -0.15) is 4.37 Å². The minimum Gasteiger partial charge on any atom is -0.395 e. The van der Waals surface area contributed by atoms with Gasteiger partial charge in [0.2, 0.25) is 5.91 Å². The van der Waals surface area contributed by atoms with E-state index in [4.69, 9.17) is 23.1 Å². The zero-order valence-electron chi connectivity index (χ0n) is 19.9. The molecule has 0 bridgehead atoms. The van der Waals surface area contributed by atoms with E-state index in [1.165, 1.54) is 29.2 Å². The first kappa shape index (κ1) is 26.8. The standard InChI is InChI=1S/C27H23ClFN5O3S/c28-19-10-8-18(9-11-19)23(26(36)32-14-16-4-2-1-3-5-16)34(15-17-6-12-20(29)13-7-17)27(37)24-21(30)22(25(31)35)33-38-24/h1-13,23H,14-15,30H2,(H2,31,35)(H,32,36)/t23-/m1/s1. The second kappa shape index (κ2) is 11.8. The number of primary amides is 1. The van der Waals surface area contributed by atoms with Gasteiger partial charge in [-0.05, 0) is 52.5 Å². The summed E-state index contributed by atoms with van der Waals surface area (Å²) in [5.74, 6) is -2.44. The van der Waals surface area contributed by atoms with Gasteiger partial charge < -0.3 is 21.7 Å². The van der Waals surface area contributed by atoms with Crippen LogP contribution in [0.2, 0.25) is 5.02 Å². The Morgan fingerprint density at radius 3 is 2.24 bits per heavy atom. The molecule has 4 rings (SSSR count). The summed E-state index contributed by atoms with van der Waals surface area (Å²) in [5, 5.41) is 3.34. The number of hydrogen-bond donors (Lipinski definition) is 3. The number of nitrogens with two attached hydrogens (primary N) is 2. The number of nitrogen functional groups attached to an aromatic ring is 1. The first-order valence-corrected chi connectivity index (χ1v) is 12.6. The molecule has 38 heavy (non-hydrogen) atoms. The number of aromatic nitrogens is 1. The van der Waals surface area contributed by atoms with E-state index in [-0.39, 0.29) is 29.3 Å². The molecule has 0 aliphatic carbocycles. The fourth-order valence-electron chi connectivity index (χ4n) is 3.83. The number of hydrogen-bond acceptors (Lipinski definition) is 6. The van der Waals surface area contributed by atoms with Crippen molar-refractivity contribution < 1.29 is 18.8 Å².